The van der Waals surface area contributed by atoms with Crippen LogP contribution in [0.5, 0.6) is 0 Å². The van der Waals surface area contributed by atoms with Crippen molar-refractivity contribution in [1.82, 2.24) is 9.62 Å². The second-order valence-electron chi connectivity index (χ2n) is 7.31. The number of amides is 1. The average molecular weight is 423 g/mol. The summed E-state index contributed by atoms with van der Waals surface area (Å²) in [6.07, 6.45) is 1.12. The molecule has 0 aromatic heterocycles. The van der Waals surface area contributed by atoms with Gasteiger partial charge in [0.2, 0.25) is 10.0 Å². The summed E-state index contributed by atoms with van der Waals surface area (Å²) in [5.41, 5.74) is -0.117. The monoisotopic (exact) mass is 422 g/mol. The van der Waals surface area contributed by atoms with Gasteiger partial charge in [-0.15, -0.1) is 0 Å². The van der Waals surface area contributed by atoms with E-state index in [1.165, 1.54) is 6.07 Å². The van der Waals surface area contributed by atoms with Crippen molar-refractivity contribution in [1.29, 1.82) is 0 Å². The first-order chi connectivity index (χ1) is 12.0. The van der Waals surface area contributed by atoms with Crippen molar-refractivity contribution in [3.8, 4) is 0 Å². The highest BCUT2D eigenvalue weighted by Gasteiger charge is 2.32. The van der Waals surface area contributed by atoms with Crippen LogP contribution < -0.4 is 4.72 Å². The summed E-state index contributed by atoms with van der Waals surface area (Å²) < 4.78 is 32.7. The van der Waals surface area contributed by atoms with E-state index in [-0.39, 0.29) is 18.3 Å². The van der Waals surface area contributed by atoms with Gasteiger partial charge in [-0.3, -0.25) is 0 Å². The van der Waals surface area contributed by atoms with Crippen LogP contribution in [-0.2, 0) is 20.5 Å². The molecule has 6 nitrogen and oxygen atoms in total. The van der Waals surface area contributed by atoms with Crippen molar-refractivity contribution in [2.45, 2.75) is 51.0 Å². The lowest BCUT2D eigenvalue weighted by atomic mass is 10.2. The number of carbonyl (C=O) groups is 1. The van der Waals surface area contributed by atoms with Crippen molar-refractivity contribution in [2.24, 2.45) is 0 Å². The van der Waals surface area contributed by atoms with Crippen molar-refractivity contribution in [3.63, 3.8) is 0 Å². The van der Waals surface area contributed by atoms with E-state index >= 15 is 0 Å². The van der Waals surface area contributed by atoms with Gasteiger partial charge in [0.15, 0.2) is 0 Å². The number of ether oxygens (including phenoxy) is 1. The maximum atomic E-state index is 12.4. The summed E-state index contributed by atoms with van der Waals surface area (Å²) in [6, 6.07) is 4.47. The van der Waals surface area contributed by atoms with Crippen molar-refractivity contribution in [2.75, 3.05) is 13.1 Å². The Morgan fingerprint density at radius 1 is 1.35 bits per heavy atom. The molecule has 26 heavy (non-hydrogen) atoms. The number of halogens is 2. The fourth-order valence-electron chi connectivity index (χ4n) is 2.73. The number of nitrogens with one attached hydrogen (secondary N) is 1. The summed E-state index contributed by atoms with van der Waals surface area (Å²) >= 11 is 11.9. The Kier molecular flexibility index (Phi) is 6.82. The number of hydrogen-bond donors (Lipinski definition) is 1. The molecule has 1 atom stereocenters. The van der Waals surface area contributed by atoms with Gasteiger partial charge in [0.1, 0.15) is 5.60 Å². The lowest BCUT2D eigenvalue weighted by Crippen LogP contribution is -2.45. The van der Waals surface area contributed by atoms with E-state index in [0.29, 0.717) is 22.2 Å². The van der Waals surface area contributed by atoms with Crippen LogP contribution in [0.2, 0.25) is 10.0 Å². The average Bonchev–Trinajstić information content (AvgIpc) is 2.95. The molecule has 0 bridgehead atoms. The van der Waals surface area contributed by atoms with Crippen LogP contribution in [0.1, 0.15) is 39.2 Å². The van der Waals surface area contributed by atoms with Crippen LogP contribution >= 0.6 is 23.2 Å². The highest BCUT2D eigenvalue weighted by Crippen LogP contribution is 2.23. The molecule has 1 saturated heterocycles. The molecule has 0 spiro atoms. The first-order valence-electron chi connectivity index (χ1n) is 8.38. The van der Waals surface area contributed by atoms with Gasteiger partial charge in [-0.1, -0.05) is 29.3 Å². The summed E-state index contributed by atoms with van der Waals surface area (Å²) in [5.74, 6) is -0.248. The van der Waals surface area contributed by atoms with Crippen LogP contribution in [-0.4, -0.2) is 44.1 Å². The van der Waals surface area contributed by atoms with Crippen LogP contribution in [0.25, 0.3) is 0 Å². The first kappa shape index (κ1) is 21.3. The van der Waals surface area contributed by atoms with Crippen LogP contribution in [0, 0.1) is 0 Å². The molecule has 1 fully saturated rings. The fraction of sp³-hybridized carbons (Fsp3) is 0.588. The molecule has 0 radical (unpaired) electrons. The number of hydrogen-bond acceptors (Lipinski definition) is 4. The van der Waals surface area contributed by atoms with Gasteiger partial charge in [0.25, 0.3) is 0 Å². The summed E-state index contributed by atoms with van der Waals surface area (Å²) in [6.45, 7) is 6.11. The van der Waals surface area contributed by atoms with Crippen LogP contribution in [0.4, 0.5) is 4.79 Å². The molecule has 1 aliphatic rings. The second kappa shape index (κ2) is 8.33. The van der Waals surface area contributed by atoms with Crippen molar-refractivity contribution in [3.05, 3.63) is 33.8 Å². The largest absolute Gasteiger partial charge is 0.444 e. The van der Waals surface area contributed by atoms with E-state index < -0.39 is 21.7 Å². The van der Waals surface area contributed by atoms with E-state index in [1.54, 1.807) is 37.8 Å². The highest BCUT2D eigenvalue weighted by molar-refractivity contribution is 7.88. The predicted octanol–water partition coefficient (Wildman–Crippen LogP) is 3.81. The molecule has 1 aliphatic heterocycles. The number of rotatable bonds is 5. The van der Waals surface area contributed by atoms with Crippen LogP contribution in [0.15, 0.2) is 18.2 Å². The maximum Gasteiger partial charge on any atom is 0.410 e. The number of likely N-dealkylation sites (tertiary alicyclic amines) is 1. The Labute approximate surface area is 164 Å². The number of benzene rings is 1. The Hall–Kier alpha value is -1.02. The minimum absolute atomic E-state index is 0.146. The molecular weight excluding hydrogens is 399 g/mol. The summed E-state index contributed by atoms with van der Waals surface area (Å²) in [5, 5.41) is 0.752. The van der Waals surface area contributed by atoms with E-state index in [1.807, 2.05) is 0 Å². The molecule has 1 amide bonds. The number of sulfonamides is 1. The molecule has 1 aromatic carbocycles. The SMILES string of the molecule is CC(C)(C)OC(=O)N1CCC[C@@H]1CNS(=O)(=O)Cc1ccc(Cl)cc1Cl. The van der Waals surface area contributed by atoms with Gasteiger partial charge in [-0.2, -0.15) is 0 Å². The number of carbonyl (C=O) groups excluding carboxylic acids is 1. The van der Waals surface area contributed by atoms with Gasteiger partial charge in [-0.25, -0.2) is 17.9 Å². The molecule has 0 saturated carbocycles. The summed E-state index contributed by atoms with van der Waals surface area (Å²) in [4.78, 5) is 13.8. The molecule has 146 valence electrons. The topological polar surface area (TPSA) is 75.7 Å². The molecular formula is C17H24Cl2N2O4S. The minimum Gasteiger partial charge on any atom is -0.444 e. The molecule has 9 heteroatoms. The Balaban J connectivity index is 1.96. The fourth-order valence-corrected chi connectivity index (χ4v) is 4.49. The van der Waals surface area contributed by atoms with Gasteiger partial charge >= 0.3 is 6.09 Å². The normalized spacial score (nSPS) is 18.2. The maximum absolute atomic E-state index is 12.4. The summed E-state index contributed by atoms with van der Waals surface area (Å²) in [7, 11) is -3.60. The predicted molar refractivity (Wildman–Crippen MR) is 103 cm³/mol. The van der Waals surface area contributed by atoms with E-state index in [9.17, 15) is 13.2 Å². The van der Waals surface area contributed by atoms with Gasteiger partial charge in [0.05, 0.1) is 5.75 Å². The lowest BCUT2D eigenvalue weighted by Gasteiger charge is -2.28. The minimum atomic E-state index is -3.60. The van der Waals surface area contributed by atoms with Crippen molar-refractivity contribution < 1.29 is 17.9 Å². The smallest absolute Gasteiger partial charge is 0.410 e. The third-order valence-corrected chi connectivity index (χ3v) is 5.79. The van der Waals surface area contributed by atoms with E-state index in [2.05, 4.69) is 4.72 Å². The highest BCUT2D eigenvalue weighted by atomic mass is 35.5. The second-order valence-corrected chi connectivity index (χ2v) is 9.96. The zero-order valence-electron chi connectivity index (χ0n) is 15.1. The van der Waals surface area contributed by atoms with Crippen molar-refractivity contribution >= 4 is 39.3 Å². The molecule has 1 aromatic rings. The molecule has 0 aliphatic carbocycles. The first-order valence-corrected chi connectivity index (χ1v) is 10.8. The quantitative estimate of drug-likeness (QED) is 0.782. The third-order valence-electron chi connectivity index (χ3n) is 3.90. The van der Waals surface area contributed by atoms with Gasteiger partial charge in [-0.05, 0) is 51.3 Å². The zero-order chi connectivity index (χ0) is 19.5. The van der Waals surface area contributed by atoms with E-state index in [0.717, 1.165) is 12.8 Å². The third kappa shape index (κ3) is 6.30. The standard InChI is InChI=1S/C17H24Cl2N2O4S/c1-17(2,3)25-16(22)21-8-4-5-14(21)10-20-26(23,24)11-12-6-7-13(18)9-15(12)19/h6-7,9,14,20H,4-5,8,10-11H2,1-3H3/t14-/m1/s1. The number of nitrogens with zero attached hydrogens (tertiary/aromatic N) is 1. The Bertz CT molecular complexity index is 763. The molecule has 1 heterocycles. The van der Waals surface area contributed by atoms with Crippen LogP contribution in [0.3, 0.4) is 0 Å². The van der Waals surface area contributed by atoms with E-state index in [4.69, 9.17) is 27.9 Å². The lowest BCUT2D eigenvalue weighted by molar-refractivity contribution is 0.0229. The zero-order valence-corrected chi connectivity index (χ0v) is 17.4. The van der Waals surface area contributed by atoms with Gasteiger partial charge in [0, 0.05) is 29.2 Å². The Morgan fingerprint density at radius 2 is 2.04 bits per heavy atom. The molecule has 1 N–H and O–H groups in total. The Morgan fingerprint density at radius 3 is 2.65 bits per heavy atom. The molecule has 0 unspecified atom stereocenters. The molecule has 2 rings (SSSR count). The van der Waals surface area contributed by atoms with Gasteiger partial charge < -0.3 is 9.64 Å².